The van der Waals surface area contributed by atoms with Crippen LogP contribution in [0.1, 0.15) is 24.0 Å². The van der Waals surface area contributed by atoms with E-state index in [-0.39, 0.29) is 17.2 Å². The molecule has 3 N–H and O–H groups in total. The van der Waals surface area contributed by atoms with Crippen molar-refractivity contribution >= 4 is 27.8 Å². The molecule has 0 spiro atoms. The Morgan fingerprint density at radius 1 is 1.47 bits per heavy atom. The van der Waals surface area contributed by atoms with Crippen LogP contribution in [0.4, 0.5) is 10.1 Å². The highest BCUT2D eigenvalue weighted by Crippen LogP contribution is 2.27. The molecular formula is C14H14BrFN2O. The molecule has 5 heteroatoms. The third-order valence-electron chi connectivity index (χ3n) is 3.07. The highest BCUT2D eigenvalue weighted by atomic mass is 79.9. The molecule has 1 aromatic rings. The second kappa shape index (κ2) is 6.18. The maximum atomic E-state index is 14.1. The third kappa shape index (κ3) is 3.14. The molecule has 0 saturated carbocycles. The number of halogens is 2. The first-order valence-corrected chi connectivity index (χ1v) is 6.80. The molecule has 0 amide bonds. The monoisotopic (exact) mass is 324 g/mol. The molecule has 2 rings (SSSR count). The number of rotatable bonds is 1. The molecule has 0 unspecified atom stereocenters. The van der Waals surface area contributed by atoms with Gasteiger partial charge in [0.05, 0.1) is 11.3 Å². The van der Waals surface area contributed by atoms with Crippen LogP contribution in [0.5, 0.6) is 0 Å². The second-order valence-electron chi connectivity index (χ2n) is 4.35. The molecule has 100 valence electrons. The molecule has 1 saturated heterocycles. The number of anilines is 1. The fraction of sp³-hybridized carbons (Fsp3) is 0.357. The summed E-state index contributed by atoms with van der Waals surface area (Å²) < 4.78 is 19.9. The quantitative estimate of drug-likeness (QED) is 0.474. The van der Waals surface area contributed by atoms with Crippen LogP contribution in [0.25, 0.3) is 0 Å². The summed E-state index contributed by atoms with van der Waals surface area (Å²) in [5, 5.41) is 7.17. The molecule has 1 fully saturated rings. The first-order chi connectivity index (χ1) is 9.13. The normalized spacial score (nSPS) is 15.7. The van der Waals surface area contributed by atoms with Crippen molar-refractivity contribution in [2.45, 2.75) is 12.8 Å². The van der Waals surface area contributed by atoms with Gasteiger partial charge in [0.15, 0.2) is 5.82 Å². The number of nitrogens with one attached hydrogen (secondary N) is 1. The van der Waals surface area contributed by atoms with Gasteiger partial charge in [-0.05, 0) is 34.8 Å². The van der Waals surface area contributed by atoms with Gasteiger partial charge < -0.3 is 15.9 Å². The van der Waals surface area contributed by atoms with E-state index in [1.807, 2.05) is 0 Å². The van der Waals surface area contributed by atoms with E-state index in [4.69, 9.17) is 15.9 Å². The summed E-state index contributed by atoms with van der Waals surface area (Å²) in [4.78, 5) is 0. The van der Waals surface area contributed by atoms with Gasteiger partial charge in [-0.2, -0.15) is 0 Å². The average molecular weight is 325 g/mol. The van der Waals surface area contributed by atoms with Crippen molar-refractivity contribution in [3.8, 4) is 11.8 Å². The molecule has 0 atom stereocenters. The van der Waals surface area contributed by atoms with Crippen LogP contribution in [0.2, 0.25) is 0 Å². The fourth-order valence-corrected chi connectivity index (χ4v) is 2.42. The van der Waals surface area contributed by atoms with Gasteiger partial charge >= 0.3 is 0 Å². The first kappa shape index (κ1) is 14.0. The highest BCUT2D eigenvalue weighted by Gasteiger charge is 2.14. The van der Waals surface area contributed by atoms with E-state index >= 15 is 0 Å². The summed E-state index contributed by atoms with van der Waals surface area (Å²) in [5.41, 5.74) is 6.21. The van der Waals surface area contributed by atoms with Crippen molar-refractivity contribution in [3.05, 3.63) is 27.5 Å². The molecule has 19 heavy (non-hydrogen) atoms. The van der Waals surface area contributed by atoms with Crippen molar-refractivity contribution in [1.82, 2.24) is 0 Å². The van der Waals surface area contributed by atoms with Gasteiger partial charge in [-0.15, -0.1) is 0 Å². The Morgan fingerprint density at radius 2 is 2.16 bits per heavy atom. The van der Waals surface area contributed by atoms with Crippen LogP contribution >= 0.6 is 15.9 Å². The Balaban J connectivity index is 2.32. The number of hydrogen-bond donors (Lipinski definition) is 2. The van der Waals surface area contributed by atoms with Crippen LogP contribution < -0.4 is 5.73 Å². The molecule has 1 aliphatic heterocycles. The summed E-state index contributed by atoms with van der Waals surface area (Å²) >= 11 is 3.27. The van der Waals surface area contributed by atoms with E-state index in [0.29, 0.717) is 23.2 Å². The Kier molecular flexibility index (Phi) is 4.56. The maximum absolute atomic E-state index is 14.1. The number of nitrogen functional groups attached to an aromatic ring is 1. The van der Waals surface area contributed by atoms with Crippen molar-refractivity contribution in [2.24, 2.45) is 5.92 Å². The Hall–Kier alpha value is -1.38. The molecule has 0 aromatic heterocycles. The third-order valence-corrected chi connectivity index (χ3v) is 3.69. The van der Waals surface area contributed by atoms with E-state index in [1.165, 1.54) is 0 Å². The van der Waals surface area contributed by atoms with Crippen LogP contribution in [0, 0.1) is 29.0 Å². The molecule has 0 aliphatic carbocycles. The molecule has 1 aromatic carbocycles. The van der Waals surface area contributed by atoms with E-state index in [2.05, 4.69) is 27.8 Å². The van der Waals surface area contributed by atoms with Crippen molar-refractivity contribution in [2.75, 3.05) is 18.9 Å². The zero-order valence-corrected chi connectivity index (χ0v) is 11.9. The van der Waals surface area contributed by atoms with Gasteiger partial charge in [0.1, 0.15) is 0 Å². The predicted molar refractivity (Wildman–Crippen MR) is 76.8 cm³/mol. The minimum absolute atomic E-state index is 0.0329. The predicted octanol–water partition coefficient (Wildman–Crippen LogP) is 2.95. The lowest BCUT2D eigenvalue weighted by Crippen LogP contribution is -2.14. The summed E-state index contributed by atoms with van der Waals surface area (Å²) in [6.45, 7) is 1.41. The zero-order chi connectivity index (χ0) is 13.8. The van der Waals surface area contributed by atoms with E-state index < -0.39 is 5.82 Å². The van der Waals surface area contributed by atoms with Crippen molar-refractivity contribution < 1.29 is 9.13 Å². The summed E-state index contributed by atoms with van der Waals surface area (Å²) in [5.74, 6) is 5.61. The smallest absolute Gasteiger partial charge is 0.163 e. The lowest BCUT2D eigenvalue weighted by atomic mass is 10.0. The first-order valence-electron chi connectivity index (χ1n) is 6.00. The van der Waals surface area contributed by atoms with Gasteiger partial charge in [-0.25, -0.2) is 4.39 Å². The minimum atomic E-state index is -0.563. The average Bonchev–Trinajstić information content (AvgIpc) is 2.44. The van der Waals surface area contributed by atoms with Gasteiger partial charge in [-0.3, -0.25) is 0 Å². The molecular weight excluding hydrogens is 311 g/mol. The number of hydrogen-bond acceptors (Lipinski definition) is 3. The summed E-state index contributed by atoms with van der Waals surface area (Å²) in [6, 6.07) is 1.61. The van der Waals surface area contributed by atoms with Gasteiger partial charge in [-0.1, -0.05) is 11.8 Å². The number of ether oxygens (including phenoxy) is 1. The summed E-state index contributed by atoms with van der Waals surface area (Å²) in [6.07, 6.45) is 2.78. The lowest BCUT2D eigenvalue weighted by molar-refractivity contribution is 0.0807. The molecule has 0 radical (unpaired) electrons. The van der Waals surface area contributed by atoms with E-state index in [0.717, 1.165) is 19.1 Å². The molecule has 1 heterocycles. The Labute approximate surface area is 120 Å². The minimum Gasteiger partial charge on any atom is -0.396 e. The molecule has 0 bridgehead atoms. The maximum Gasteiger partial charge on any atom is 0.163 e. The van der Waals surface area contributed by atoms with Gasteiger partial charge in [0.2, 0.25) is 0 Å². The highest BCUT2D eigenvalue weighted by molar-refractivity contribution is 9.10. The molecule has 1 aliphatic rings. The van der Waals surface area contributed by atoms with Crippen LogP contribution in [-0.4, -0.2) is 19.4 Å². The van der Waals surface area contributed by atoms with Crippen LogP contribution in [-0.2, 0) is 4.74 Å². The topological polar surface area (TPSA) is 59.1 Å². The van der Waals surface area contributed by atoms with Gasteiger partial charge in [0.25, 0.3) is 0 Å². The Morgan fingerprint density at radius 3 is 2.79 bits per heavy atom. The van der Waals surface area contributed by atoms with E-state index in [9.17, 15) is 4.39 Å². The van der Waals surface area contributed by atoms with Crippen LogP contribution in [0.15, 0.2) is 10.5 Å². The number of benzene rings is 1. The second-order valence-corrected chi connectivity index (χ2v) is 5.20. The SMILES string of the molecule is N=Cc1cc(Br)c(C#CC2CCOCC2)c(F)c1N. The van der Waals surface area contributed by atoms with Gasteiger partial charge in [0, 0.05) is 35.4 Å². The lowest BCUT2D eigenvalue weighted by Gasteiger charge is -2.16. The summed E-state index contributed by atoms with van der Waals surface area (Å²) in [7, 11) is 0. The van der Waals surface area contributed by atoms with Crippen molar-refractivity contribution in [3.63, 3.8) is 0 Å². The van der Waals surface area contributed by atoms with Crippen molar-refractivity contribution in [1.29, 1.82) is 5.41 Å². The zero-order valence-electron chi connectivity index (χ0n) is 10.3. The molecule has 3 nitrogen and oxygen atoms in total. The Bertz CT molecular complexity index is 557. The number of nitrogens with two attached hydrogens (primary N) is 1. The largest absolute Gasteiger partial charge is 0.396 e. The standard InChI is InChI=1S/C14H14BrFN2O/c15-12-7-10(8-17)14(18)13(16)11(12)2-1-9-3-5-19-6-4-9/h7-9,17H,3-6,18H2. The fourth-order valence-electron chi connectivity index (χ4n) is 1.90. The van der Waals surface area contributed by atoms with Crippen LogP contribution in [0.3, 0.4) is 0 Å². The van der Waals surface area contributed by atoms with E-state index in [1.54, 1.807) is 6.07 Å².